The third kappa shape index (κ3) is 5.20. The van der Waals surface area contributed by atoms with E-state index in [1.807, 2.05) is 54.6 Å². The molecule has 1 N–H and O–H groups in total. The van der Waals surface area contributed by atoms with Crippen LogP contribution in [0, 0.1) is 0 Å². The lowest BCUT2D eigenvalue weighted by atomic mass is 10.1. The van der Waals surface area contributed by atoms with Gasteiger partial charge in [0.25, 0.3) is 5.56 Å². The van der Waals surface area contributed by atoms with Crippen LogP contribution in [0.3, 0.4) is 0 Å². The summed E-state index contributed by atoms with van der Waals surface area (Å²) in [7, 11) is 1.59. The summed E-state index contributed by atoms with van der Waals surface area (Å²) in [6, 6.07) is 19.7. The molecule has 7 nitrogen and oxygen atoms in total. The molecule has 0 bridgehead atoms. The van der Waals surface area contributed by atoms with E-state index in [1.165, 1.54) is 6.07 Å². The molecule has 3 aromatic rings. The minimum Gasteiger partial charge on any atom is -0.497 e. The maximum Gasteiger partial charge on any atom is 0.267 e. The van der Waals surface area contributed by atoms with Crippen LogP contribution in [0.4, 0.5) is 0 Å². The van der Waals surface area contributed by atoms with E-state index in [0.29, 0.717) is 18.8 Å². The highest BCUT2D eigenvalue weighted by Crippen LogP contribution is 2.19. The minimum absolute atomic E-state index is 0.159. The average molecular weight is 379 g/mol. The zero-order valence-electron chi connectivity index (χ0n) is 15.5. The standard InChI is InChI=1S/C21H21N3O4/c1-27-17-9-7-16(8-10-17)19-11-12-21(26)24(23-19)15-20(25)22-13-14-28-18-5-3-2-4-6-18/h2-12H,13-15H2,1H3,(H,22,25). The van der Waals surface area contributed by atoms with Crippen LogP contribution in [-0.2, 0) is 11.3 Å². The quantitative estimate of drug-likeness (QED) is 0.606. The maximum absolute atomic E-state index is 12.1. The average Bonchev–Trinajstić information content (AvgIpc) is 2.74. The Morgan fingerprint density at radius 2 is 1.75 bits per heavy atom. The van der Waals surface area contributed by atoms with Gasteiger partial charge in [-0.1, -0.05) is 18.2 Å². The highest BCUT2D eigenvalue weighted by atomic mass is 16.5. The summed E-state index contributed by atoms with van der Waals surface area (Å²) in [4.78, 5) is 24.2. The molecule has 0 saturated heterocycles. The minimum atomic E-state index is -0.340. The van der Waals surface area contributed by atoms with Crippen molar-refractivity contribution in [1.82, 2.24) is 15.1 Å². The Morgan fingerprint density at radius 3 is 2.46 bits per heavy atom. The molecule has 7 heteroatoms. The number of aromatic nitrogens is 2. The molecule has 28 heavy (non-hydrogen) atoms. The Labute approximate surface area is 162 Å². The molecule has 0 saturated carbocycles. The monoisotopic (exact) mass is 379 g/mol. The molecule has 0 fully saturated rings. The highest BCUT2D eigenvalue weighted by Gasteiger charge is 2.08. The lowest BCUT2D eigenvalue weighted by Gasteiger charge is -2.09. The summed E-state index contributed by atoms with van der Waals surface area (Å²) in [6.07, 6.45) is 0. The van der Waals surface area contributed by atoms with Gasteiger partial charge in [-0.25, -0.2) is 4.68 Å². The van der Waals surface area contributed by atoms with Crippen molar-refractivity contribution in [2.75, 3.05) is 20.3 Å². The van der Waals surface area contributed by atoms with E-state index in [-0.39, 0.29) is 18.0 Å². The number of methoxy groups -OCH3 is 1. The number of hydrogen-bond acceptors (Lipinski definition) is 5. The second kappa shape index (κ2) is 9.36. The Bertz CT molecular complexity index is 969. The number of amides is 1. The Kier molecular flexibility index (Phi) is 6.41. The molecule has 3 rings (SSSR count). The molecule has 0 aliphatic carbocycles. The van der Waals surface area contributed by atoms with Crippen LogP contribution >= 0.6 is 0 Å². The summed E-state index contributed by atoms with van der Waals surface area (Å²) in [5.74, 6) is 1.16. The van der Waals surface area contributed by atoms with Gasteiger partial charge in [0.2, 0.25) is 5.91 Å². The van der Waals surface area contributed by atoms with Gasteiger partial charge in [-0.2, -0.15) is 5.10 Å². The fraction of sp³-hybridized carbons (Fsp3) is 0.190. The van der Waals surface area contributed by atoms with Crippen LogP contribution in [0.15, 0.2) is 71.5 Å². The number of nitrogens with one attached hydrogen (secondary N) is 1. The van der Waals surface area contributed by atoms with Crippen LogP contribution in [-0.4, -0.2) is 35.9 Å². The van der Waals surface area contributed by atoms with Gasteiger partial charge in [-0.3, -0.25) is 9.59 Å². The molecule has 1 amide bonds. The van der Waals surface area contributed by atoms with Crippen LogP contribution < -0.4 is 20.3 Å². The van der Waals surface area contributed by atoms with Gasteiger partial charge >= 0.3 is 0 Å². The van der Waals surface area contributed by atoms with E-state index in [4.69, 9.17) is 9.47 Å². The van der Waals surface area contributed by atoms with E-state index < -0.39 is 0 Å². The molecule has 0 unspecified atom stereocenters. The summed E-state index contributed by atoms with van der Waals surface area (Å²) in [5, 5.41) is 7.01. The van der Waals surface area contributed by atoms with E-state index in [1.54, 1.807) is 13.2 Å². The van der Waals surface area contributed by atoms with Crippen LogP contribution in [0.5, 0.6) is 11.5 Å². The summed E-state index contributed by atoms with van der Waals surface area (Å²) < 4.78 is 11.8. The van der Waals surface area contributed by atoms with Gasteiger partial charge in [0.15, 0.2) is 0 Å². The molecular weight excluding hydrogens is 358 g/mol. The predicted molar refractivity (Wildman–Crippen MR) is 105 cm³/mol. The van der Waals surface area contributed by atoms with Gasteiger partial charge in [0.1, 0.15) is 24.7 Å². The first kappa shape index (κ1) is 19.2. The van der Waals surface area contributed by atoms with Gasteiger partial charge in [0.05, 0.1) is 19.3 Å². The van der Waals surface area contributed by atoms with Crippen molar-refractivity contribution < 1.29 is 14.3 Å². The first-order chi connectivity index (χ1) is 13.7. The normalized spacial score (nSPS) is 10.3. The van der Waals surface area contributed by atoms with E-state index in [2.05, 4.69) is 10.4 Å². The van der Waals surface area contributed by atoms with Gasteiger partial charge in [0, 0.05) is 11.6 Å². The van der Waals surface area contributed by atoms with Crippen molar-refractivity contribution >= 4 is 5.91 Å². The summed E-state index contributed by atoms with van der Waals surface area (Å²) >= 11 is 0. The fourth-order valence-electron chi connectivity index (χ4n) is 2.55. The molecule has 0 spiro atoms. The van der Waals surface area contributed by atoms with Crippen molar-refractivity contribution in [2.45, 2.75) is 6.54 Å². The topological polar surface area (TPSA) is 82.5 Å². The Hall–Kier alpha value is -3.61. The van der Waals surface area contributed by atoms with Crippen molar-refractivity contribution in [3.63, 3.8) is 0 Å². The van der Waals surface area contributed by atoms with Gasteiger partial charge < -0.3 is 14.8 Å². The largest absolute Gasteiger partial charge is 0.497 e. The number of carbonyl (C=O) groups is 1. The van der Waals surface area contributed by atoms with Crippen LogP contribution in [0.1, 0.15) is 0 Å². The predicted octanol–water partition coefficient (Wildman–Crippen LogP) is 2.11. The number of para-hydroxylation sites is 1. The van der Waals surface area contributed by atoms with Crippen molar-refractivity contribution in [3.8, 4) is 22.8 Å². The molecule has 144 valence electrons. The van der Waals surface area contributed by atoms with Crippen molar-refractivity contribution in [3.05, 3.63) is 77.1 Å². The first-order valence-electron chi connectivity index (χ1n) is 8.83. The summed E-state index contributed by atoms with van der Waals surface area (Å²) in [5.41, 5.74) is 1.08. The van der Waals surface area contributed by atoms with E-state index in [9.17, 15) is 9.59 Å². The number of nitrogens with zero attached hydrogens (tertiary/aromatic N) is 2. The molecule has 1 heterocycles. The first-order valence-corrected chi connectivity index (χ1v) is 8.83. The fourth-order valence-corrected chi connectivity index (χ4v) is 2.55. The second-order valence-corrected chi connectivity index (χ2v) is 5.95. The third-order valence-corrected chi connectivity index (χ3v) is 3.98. The number of benzene rings is 2. The SMILES string of the molecule is COc1ccc(-c2ccc(=O)n(CC(=O)NCCOc3ccccc3)n2)cc1. The van der Waals surface area contributed by atoms with Gasteiger partial charge in [-0.05, 0) is 42.5 Å². The molecule has 0 atom stereocenters. The zero-order valence-corrected chi connectivity index (χ0v) is 15.5. The maximum atomic E-state index is 12.1. The van der Waals surface area contributed by atoms with Crippen molar-refractivity contribution in [1.29, 1.82) is 0 Å². The molecular formula is C21H21N3O4. The van der Waals surface area contributed by atoms with Crippen molar-refractivity contribution in [2.24, 2.45) is 0 Å². The summed E-state index contributed by atoms with van der Waals surface area (Å²) in [6.45, 7) is 0.513. The smallest absolute Gasteiger partial charge is 0.267 e. The lowest BCUT2D eigenvalue weighted by molar-refractivity contribution is -0.122. The zero-order chi connectivity index (χ0) is 19.8. The third-order valence-electron chi connectivity index (χ3n) is 3.98. The second-order valence-electron chi connectivity index (χ2n) is 5.95. The molecule has 0 aliphatic heterocycles. The van der Waals surface area contributed by atoms with Gasteiger partial charge in [-0.15, -0.1) is 0 Å². The van der Waals surface area contributed by atoms with Crippen LogP contribution in [0.2, 0.25) is 0 Å². The number of hydrogen-bond donors (Lipinski definition) is 1. The lowest BCUT2D eigenvalue weighted by Crippen LogP contribution is -2.35. The van der Waals surface area contributed by atoms with Crippen LogP contribution in [0.25, 0.3) is 11.3 Å². The molecule has 1 aromatic heterocycles. The van der Waals surface area contributed by atoms with E-state index in [0.717, 1.165) is 21.7 Å². The molecule has 0 aliphatic rings. The Morgan fingerprint density at radius 1 is 1.00 bits per heavy atom. The number of rotatable bonds is 8. The highest BCUT2D eigenvalue weighted by molar-refractivity contribution is 5.75. The number of carbonyl (C=O) groups excluding carboxylic acids is 1. The molecule has 2 aromatic carbocycles. The molecule has 0 radical (unpaired) electrons. The van der Waals surface area contributed by atoms with E-state index >= 15 is 0 Å². The Balaban J connectivity index is 1.56. The number of ether oxygens (including phenoxy) is 2.